The van der Waals surface area contributed by atoms with Crippen LogP contribution in [0.5, 0.6) is 5.75 Å². The van der Waals surface area contributed by atoms with Gasteiger partial charge in [-0.2, -0.15) is 0 Å². The lowest BCUT2D eigenvalue weighted by Crippen LogP contribution is -2.28. The Labute approximate surface area is 127 Å². The molecule has 0 fully saturated rings. The zero-order valence-corrected chi connectivity index (χ0v) is 12.1. The molecule has 1 aliphatic heterocycles. The fourth-order valence-electron chi connectivity index (χ4n) is 2.26. The smallest absolute Gasteiger partial charge is 0.262 e. The maximum atomic E-state index is 12.5. The van der Waals surface area contributed by atoms with Gasteiger partial charge in [0.05, 0.1) is 5.69 Å². The zero-order chi connectivity index (χ0) is 15.5. The first-order valence-corrected chi connectivity index (χ1v) is 6.84. The predicted molar refractivity (Wildman–Crippen MR) is 80.6 cm³/mol. The molecule has 22 heavy (non-hydrogen) atoms. The number of carbonyl (C=O) groups excluding carboxylic acids is 2. The summed E-state index contributed by atoms with van der Waals surface area (Å²) in [6, 6.07) is 8.75. The Balaban J connectivity index is 1.76. The highest BCUT2D eigenvalue weighted by atomic mass is 16.5. The summed E-state index contributed by atoms with van der Waals surface area (Å²) in [5.41, 5.74) is 2.11. The van der Waals surface area contributed by atoms with E-state index < -0.39 is 0 Å². The number of carbonyl (C=O) groups is 2. The van der Waals surface area contributed by atoms with Crippen LogP contribution in [0.4, 0.5) is 5.69 Å². The second kappa shape index (κ2) is 5.85. The predicted octanol–water partition coefficient (Wildman–Crippen LogP) is 1.68. The number of benzene rings is 1. The SMILES string of the molecule is CN(Cc1ccncc1)C(=O)c1ccc2c(c1)OCC(=O)N2. The van der Waals surface area contributed by atoms with E-state index in [-0.39, 0.29) is 18.4 Å². The Morgan fingerprint density at radius 1 is 1.32 bits per heavy atom. The number of nitrogens with one attached hydrogen (secondary N) is 1. The van der Waals surface area contributed by atoms with Gasteiger partial charge in [0.15, 0.2) is 6.61 Å². The lowest BCUT2D eigenvalue weighted by Gasteiger charge is -2.21. The fourth-order valence-corrected chi connectivity index (χ4v) is 2.26. The van der Waals surface area contributed by atoms with Crippen LogP contribution in [-0.4, -0.2) is 35.4 Å². The summed E-state index contributed by atoms with van der Waals surface area (Å²) < 4.78 is 5.33. The lowest BCUT2D eigenvalue weighted by molar-refractivity contribution is -0.118. The summed E-state index contributed by atoms with van der Waals surface area (Å²) in [5.74, 6) is 0.212. The number of pyridine rings is 1. The molecule has 0 saturated carbocycles. The van der Waals surface area contributed by atoms with E-state index in [0.29, 0.717) is 23.5 Å². The van der Waals surface area contributed by atoms with Gasteiger partial charge in [-0.3, -0.25) is 14.6 Å². The molecule has 6 nitrogen and oxygen atoms in total. The van der Waals surface area contributed by atoms with Gasteiger partial charge in [0.1, 0.15) is 5.75 Å². The van der Waals surface area contributed by atoms with Crippen molar-refractivity contribution in [3.8, 4) is 5.75 Å². The van der Waals surface area contributed by atoms with Gasteiger partial charge in [0, 0.05) is 31.5 Å². The van der Waals surface area contributed by atoms with Gasteiger partial charge < -0.3 is 15.0 Å². The Hall–Kier alpha value is -2.89. The minimum atomic E-state index is -0.193. The maximum Gasteiger partial charge on any atom is 0.262 e. The van der Waals surface area contributed by atoms with E-state index in [1.807, 2.05) is 12.1 Å². The second-order valence-electron chi connectivity index (χ2n) is 5.06. The van der Waals surface area contributed by atoms with Crippen LogP contribution in [0, 0.1) is 0 Å². The lowest BCUT2D eigenvalue weighted by atomic mass is 10.1. The van der Waals surface area contributed by atoms with E-state index in [0.717, 1.165) is 5.56 Å². The highest BCUT2D eigenvalue weighted by Gasteiger charge is 2.19. The van der Waals surface area contributed by atoms with Crippen molar-refractivity contribution in [1.29, 1.82) is 0 Å². The molecule has 1 aliphatic rings. The highest BCUT2D eigenvalue weighted by molar-refractivity contribution is 5.98. The van der Waals surface area contributed by atoms with Gasteiger partial charge in [-0.15, -0.1) is 0 Å². The van der Waals surface area contributed by atoms with Gasteiger partial charge in [0.25, 0.3) is 11.8 Å². The fraction of sp³-hybridized carbons (Fsp3) is 0.188. The number of fused-ring (bicyclic) bond motifs is 1. The first-order chi connectivity index (χ1) is 10.6. The van der Waals surface area contributed by atoms with E-state index in [2.05, 4.69) is 10.3 Å². The van der Waals surface area contributed by atoms with Crippen molar-refractivity contribution in [2.24, 2.45) is 0 Å². The normalized spacial score (nSPS) is 12.9. The Morgan fingerprint density at radius 2 is 2.09 bits per heavy atom. The van der Waals surface area contributed by atoms with Gasteiger partial charge in [-0.05, 0) is 35.9 Å². The van der Waals surface area contributed by atoms with Gasteiger partial charge >= 0.3 is 0 Å². The molecule has 1 aromatic carbocycles. The molecule has 1 N–H and O–H groups in total. The van der Waals surface area contributed by atoms with E-state index in [1.54, 1.807) is 42.5 Å². The molecule has 3 rings (SSSR count). The van der Waals surface area contributed by atoms with Crippen LogP contribution in [0.2, 0.25) is 0 Å². The van der Waals surface area contributed by atoms with Crippen LogP contribution < -0.4 is 10.1 Å². The van der Waals surface area contributed by atoms with Crippen molar-refractivity contribution in [2.75, 3.05) is 19.0 Å². The molecule has 2 aromatic rings. The number of rotatable bonds is 3. The van der Waals surface area contributed by atoms with Crippen LogP contribution in [-0.2, 0) is 11.3 Å². The van der Waals surface area contributed by atoms with E-state index in [1.165, 1.54) is 0 Å². The third-order valence-electron chi connectivity index (χ3n) is 3.38. The summed E-state index contributed by atoms with van der Waals surface area (Å²) in [6.45, 7) is 0.466. The maximum absolute atomic E-state index is 12.5. The van der Waals surface area contributed by atoms with Crippen LogP contribution in [0.15, 0.2) is 42.7 Å². The number of anilines is 1. The van der Waals surface area contributed by atoms with E-state index in [4.69, 9.17) is 4.74 Å². The van der Waals surface area contributed by atoms with Crippen LogP contribution in [0.1, 0.15) is 15.9 Å². The topological polar surface area (TPSA) is 71.5 Å². The van der Waals surface area contributed by atoms with Crippen molar-refractivity contribution < 1.29 is 14.3 Å². The summed E-state index contributed by atoms with van der Waals surface area (Å²) in [5, 5.41) is 2.70. The largest absolute Gasteiger partial charge is 0.482 e. The van der Waals surface area contributed by atoms with Crippen molar-refractivity contribution in [3.05, 3.63) is 53.9 Å². The molecule has 2 heterocycles. The number of amides is 2. The van der Waals surface area contributed by atoms with Gasteiger partial charge in [-0.1, -0.05) is 0 Å². The molecule has 0 bridgehead atoms. The molecule has 2 amide bonds. The van der Waals surface area contributed by atoms with Crippen molar-refractivity contribution in [1.82, 2.24) is 9.88 Å². The Morgan fingerprint density at radius 3 is 2.86 bits per heavy atom. The van der Waals surface area contributed by atoms with Gasteiger partial charge in [0.2, 0.25) is 0 Å². The highest BCUT2D eigenvalue weighted by Crippen LogP contribution is 2.29. The van der Waals surface area contributed by atoms with Crippen LogP contribution in [0.3, 0.4) is 0 Å². The minimum absolute atomic E-state index is 0.0303. The van der Waals surface area contributed by atoms with Crippen LogP contribution >= 0.6 is 0 Å². The molecular weight excluding hydrogens is 282 g/mol. The average molecular weight is 297 g/mol. The molecule has 0 atom stereocenters. The number of aromatic nitrogens is 1. The van der Waals surface area contributed by atoms with Crippen LogP contribution in [0.25, 0.3) is 0 Å². The molecule has 0 saturated heterocycles. The summed E-state index contributed by atoms with van der Waals surface area (Å²) in [4.78, 5) is 29.3. The zero-order valence-electron chi connectivity index (χ0n) is 12.1. The summed E-state index contributed by atoms with van der Waals surface area (Å²) in [7, 11) is 1.74. The third-order valence-corrected chi connectivity index (χ3v) is 3.38. The van der Waals surface area contributed by atoms with Crippen molar-refractivity contribution in [2.45, 2.75) is 6.54 Å². The number of hydrogen-bond acceptors (Lipinski definition) is 4. The van der Waals surface area contributed by atoms with E-state index in [9.17, 15) is 9.59 Å². The van der Waals surface area contributed by atoms with E-state index >= 15 is 0 Å². The standard InChI is InChI=1S/C16H15N3O3/c1-19(9-11-4-6-17-7-5-11)16(21)12-2-3-13-14(8-12)22-10-15(20)18-13/h2-8H,9-10H2,1H3,(H,18,20). The quantitative estimate of drug-likeness (QED) is 0.935. The molecule has 0 spiro atoms. The molecular formula is C16H15N3O3. The summed E-state index contributed by atoms with van der Waals surface area (Å²) >= 11 is 0. The molecule has 0 radical (unpaired) electrons. The minimum Gasteiger partial charge on any atom is -0.482 e. The van der Waals surface area contributed by atoms with Crippen molar-refractivity contribution >= 4 is 17.5 Å². The van der Waals surface area contributed by atoms with Crippen molar-refractivity contribution in [3.63, 3.8) is 0 Å². The first-order valence-electron chi connectivity index (χ1n) is 6.84. The monoisotopic (exact) mass is 297 g/mol. The molecule has 1 aromatic heterocycles. The molecule has 6 heteroatoms. The Kier molecular flexibility index (Phi) is 3.74. The average Bonchev–Trinajstić information content (AvgIpc) is 2.54. The molecule has 0 unspecified atom stereocenters. The summed E-state index contributed by atoms with van der Waals surface area (Å²) in [6.07, 6.45) is 3.39. The number of ether oxygens (including phenoxy) is 1. The Bertz CT molecular complexity index is 716. The molecule has 0 aliphatic carbocycles. The molecule has 112 valence electrons. The number of hydrogen-bond donors (Lipinski definition) is 1. The second-order valence-corrected chi connectivity index (χ2v) is 5.06. The first kappa shape index (κ1) is 14.1. The van der Waals surface area contributed by atoms with Gasteiger partial charge in [-0.25, -0.2) is 0 Å². The number of nitrogens with zero attached hydrogens (tertiary/aromatic N) is 2. The third kappa shape index (κ3) is 2.90.